The number of nitrogens with one attached hydrogen (secondary N) is 1. The number of rotatable bonds is 1. The van der Waals surface area contributed by atoms with E-state index in [0.717, 1.165) is 24.3 Å². The van der Waals surface area contributed by atoms with Crippen LogP contribution in [0.5, 0.6) is 0 Å². The molecule has 1 aliphatic rings. The predicted molar refractivity (Wildman–Crippen MR) is 73.3 cm³/mol. The highest BCUT2D eigenvalue weighted by Gasteiger charge is 2.21. The first-order valence-electron chi connectivity index (χ1n) is 6.37. The number of anilines is 1. The minimum Gasteiger partial charge on any atom is -0.365 e. The Morgan fingerprint density at radius 3 is 3.00 bits per heavy atom. The van der Waals surface area contributed by atoms with Crippen LogP contribution in [0.15, 0.2) is 23.1 Å². The molecule has 0 atom stereocenters. The zero-order valence-corrected chi connectivity index (χ0v) is 11.1. The first-order chi connectivity index (χ1) is 9.67. The fourth-order valence-electron chi connectivity index (χ4n) is 2.41. The Bertz CT molecular complexity index is 742. The topological polar surface area (TPSA) is 85.7 Å². The number of aromatic amines is 1. The maximum atomic E-state index is 12.0. The molecule has 1 aliphatic heterocycles. The summed E-state index contributed by atoms with van der Waals surface area (Å²) < 4.78 is 0. The van der Waals surface area contributed by atoms with Crippen molar-refractivity contribution < 1.29 is 0 Å². The fraction of sp³-hybridized carbons (Fsp3) is 0.286. The number of nitriles is 1. The highest BCUT2D eigenvalue weighted by Crippen LogP contribution is 2.21. The van der Waals surface area contributed by atoms with Gasteiger partial charge < -0.3 is 9.88 Å². The van der Waals surface area contributed by atoms with Crippen molar-refractivity contribution in [2.45, 2.75) is 19.9 Å². The van der Waals surface area contributed by atoms with Crippen molar-refractivity contribution in [1.82, 2.24) is 15.0 Å². The fourth-order valence-corrected chi connectivity index (χ4v) is 2.41. The van der Waals surface area contributed by atoms with Crippen LogP contribution in [-0.4, -0.2) is 21.5 Å². The molecular formula is C14H13N5O. The number of aryl methyl sites for hydroxylation is 1. The smallest absolute Gasteiger partial charge is 0.256 e. The average Bonchev–Trinajstić information content (AvgIpc) is 2.47. The van der Waals surface area contributed by atoms with Crippen LogP contribution in [0.25, 0.3) is 0 Å². The van der Waals surface area contributed by atoms with Gasteiger partial charge in [-0.05, 0) is 19.1 Å². The van der Waals surface area contributed by atoms with Gasteiger partial charge in [-0.15, -0.1) is 0 Å². The third-order valence-corrected chi connectivity index (χ3v) is 3.41. The van der Waals surface area contributed by atoms with Crippen LogP contribution in [-0.2, 0) is 13.0 Å². The Kier molecular flexibility index (Phi) is 2.95. The molecule has 1 N–H and O–H groups in total. The molecule has 0 saturated carbocycles. The molecule has 0 aromatic carbocycles. The summed E-state index contributed by atoms with van der Waals surface area (Å²) in [6.07, 6.45) is 2.40. The number of aromatic nitrogens is 3. The molecule has 0 aliphatic carbocycles. The molecule has 2 aromatic heterocycles. The molecule has 100 valence electrons. The van der Waals surface area contributed by atoms with Crippen molar-refractivity contribution >= 4 is 5.69 Å². The van der Waals surface area contributed by atoms with Crippen molar-refractivity contribution in [3.8, 4) is 6.07 Å². The van der Waals surface area contributed by atoms with E-state index in [1.54, 1.807) is 19.2 Å². The normalized spacial score (nSPS) is 13.7. The van der Waals surface area contributed by atoms with Crippen molar-refractivity contribution in [3.63, 3.8) is 0 Å². The van der Waals surface area contributed by atoms with Crippen LogP contribution in [0.3, 0.4) is 0 Å². The summed E-state index contributed by atoms with van der Waals surface area (Å²) in [5.41, 5.74) is 2.82. The van der Waals surface area contributed by atoms with Gasteiger partial charge in [0.1, 0.15) is 17.6 Å². The van der Waals surface area contributed by atoms with E-state index < -0.39 is 0 Å². The number of pyridine rings is 1. The molecule has 0 spiro atoms. The zero-order valence-electron chi connectivity index (χ0n) is 11.1. The van der Waals surface area contributed by atoms with Crippen LogP contribution in [0.2, 0.25) is 0 Å². The van der Waals surface area contributed by atoms with Crippen LogP contribution < -0.4 is 10.5 Å². The van der Waals surface area contributed by atoms with Gasteiger partial charge in [-0.2, -0.15) is 5.26 Å². The zero-order chi connectivity index (χ0) is 14.1. The van der Waals surface area contributed by atoms with Crippen LogP contribution >= 0.6 is 0 Å². The summed E-state index contributed by atoms with van der Waals surface area (Å²) in [5.74, 6) is 0.655. The van der Waals surface area contributed by atoms with E-state index >= 15 is 0 Å². The van der Waals surface area contributed by atoms with Gasteiger partial charge in [-0.3, -0.25) is 4.79 Å². The Morgan fingerprint density at radius 2 is 2.30 bits per heavy atom. The van der Waals surface area contributed by atoms with E-state index in [9.17, 15) is 4.79 Å². The Morgan fingerprint density at radius 1 is 1.45 bits per heavy atom. The van der Waals surface area contributed by atoms with E-state index in [4.69, 9.17) is 5.26 Å². The second kappa shape index (κ2) is 4.78. The lowest BCUT2D eigenvalue weighted by atomic mass is 10.1. The number of hydrogen-bond donors (Lipinski definition) is 1. The molecule has 3 heterocycles. The Balaban J connectivity index is 1.92. The van der Waals surface area contributed by atoms with Crippen molar-refractivity contribution in [2.24, 2.45) is 0 Å². The van der Waals surface area contributed by atoms with E-state index in [0.29, 0.717) is 23.6 Å². The number of nitrogens with zero attached hydrogens (tertiary/aromatic N) is 4. The molecule has 2 aromatic rings. The summed E-state index contributed by atoms with van der Waals surface area (Å²) >= 11 is 0. The van der Waals surface area contributed by atoms with Gasteiger partial charge in [0.25, 0.3) is 5.56 Å². The molecule has 0 radical (unpaired) electrons. The molecule has 0 bridgehead atoms. The van der Waals surface area contributed by atoms with Crippen LogP contribution in [0.4, 0.5) is 5.69 Å². The van der Waals surface area contributed by atoms with E-state index in [-0.39, 0.29) is 5.56 Å². The molecule has 6 nitrogen and oxygen atoms in total. The second-order valence-electron chi connectivity index (χ2n) is 4.76. The molecule has 0 amide bonds. The third-order valence-electron chi connectivity index (χ3n) is 3.41. The van der Waals surface area contributed by atoms with Gasteiger partial charge in [0, 0.05) is 13.0 Å². The van der Waals surface area contributed by atoms with Crippen LogP contribution in [0.1, 0.15) is 22.8 Å². The predicted octanol–water partition coefficient (Wildman–Crippen LogP) is 0.908. The molecule has 3 rings (SSSR count). The van der Waals surface area contributed by atoms with Crippen molar-refractivity contribution in [2.75, 3.05) is 11.4 Å². The van der Waals surface area contributed by atoms with Crippen molar-refractivity contribution in [1.29, 1.82) is 5.26 Å². The Hall–Kier alpha value is -2.68. The number of H-pyrrole nitrogens is 1. The van der Waals surface area contributed by atoms with Gasteiger partial charge in [0.2, 0.25) is 0 Å². The van der Waals surface area contributed by atoms with Gasteiger partial charge in [0.05, 0.1) is 29.7 Å². The lowest BCUT2D eigenvalue weighted by molar-refractivity contribution is 0.690. The summed E-state index contributed by atoms with van der Waals surface area (Å²) in [4.78, 5) is 25.2. The summed E-state index contributed by atoms with van der Waals surface area (Å²) in [5, 5.41) is 8.75. The lowest BCUT2D eigenvalue weighted by Gasteiger charge is -2.29. The molecule has 0 saturated heterocycles. The second-order valence-corrected chi connectivity index (χ2v) is 4.76. The van der Waals surface area contributed by atoms with E-state index in [1.165, 1.54) is 0 Å². The largest absolute Gasteiger partial charge is 0.365 e. The highest BCUT2D eigenvalue weighted by atomic mass is 16.1. The van der Waals surface area contributed by atoms with Gasteiger partial charge >= 0.3 is 0 Å². The molecular weight excluding hydrogens is 254 g/mol. The SMILES string of the molecule is Cc1nc2c(c(=O)[nH]1)CN(c1ccc(C#N)nc1)CC2. The highest BCUT2D eigenvalue weighted by molar-refractivity contribution is 5.48. The van der Waals surface area contributed by atoms with Gasteiger partial charge in [-0.25, -0.2) is 9.97 Å². The van der Waals surface area contributed by atoms with Crippen LogP contribution in [0, 0.1) is 18.3 Å². The monoisotopic (exact) mass is 267 g/mol. The standard InChI is InChI=1S/C14H13N5O/c1-9-17-13-4-5-19(8-12(13)14(20)18-9)11-3-2-10(6-15)16-7-11/h2-3,7H,4-5,8H2,1H3,(H,17,18,20). The Labute approximate surface area is 115 Å². The molecule has 0 unspecified atom stereocenters. The first kappa shape index (κ1) is 12.4. The summed E-state index contributed by atoms with van der Waals surface area (Å²) in [6.45, 7) is 3.10. The number of hydrogen-bond acceptors (Lipinski definition) is 5. The first-order valence-corrected chi connectivity index (χ1v) is 6.37. The minimum absolute atomic E-state index is 0.0706. The maximum absolute atomic E-state index is 12.0. The molecule has 20 heavy (non-hydrogen) atoms. The minimum atomic E-state index is -0.0706. The maximum Gasteiger partial charge on any atom is 0.256 e. The summed E-state index contributed by atoms with van der Waals surface area (Å²) in [6, 6.07) is 5.53. The van der Waals surface area contributed by atoms with Gasteiger partial charge in [0.15, 0.2) is 0 Å². The van der Waals surface area contributed by atoms with E-state index in [2.05, 4.69) is 19.9 Å². The third kappa shape index (κ3) is 2.14. The number of fused-ring (bicyclic) bond motifs is 1. The lowest BCUT2D eigenvalue weighted by Crippen LogP contribution is -2.36. The quantitative estimate of drug-likeness (QED) is 0.830. The summed E-state index contributed by atoms with van der Waals surface area (Å²) in [7, 11) is 0. The average molecular weight is 267 g/mol. The van der Waals surface area contributed by atoms with Crippen molar-refractivity contribution in [3.05, 3.63) is 51.5 Å². The molecule has 0 fully saturated rings. The molecule has 6 heteroatoms. The van der Waals surface area contributed by atoms with E-state index in [1.807, 2.05) is 12.1 Å². The van der Waals surface area contributed by atoms with Gasteiger partial charge in [-0.1, -0.05) is 0 Å².